The average Bonchev–Trinajstić information content (AvgIpc) is 2.88. The van der Waals surface area contributed by atoms with Crippen molar-refractivity contribution in [2.45, 2.75) is 42.8 Å². The lowest BCUT2D eigenvalue weighted by Gasteiger charge is -2.20. The number of amides is 1. The molecule has 3 rings (SSSR count). The Labute approximate surface area is 155 Å². The van der Waals surface area contributed by atoms with Crippen LogP contribution in [0.4, 0.5) is 5.69 Å². The first-order valence-electron chi connectivity index (χ1n) is 8.27. The van der Waals surface area contributed by atoms with Crippen LogP contribution in [0.1, 0.15) is 31.2 Å². The number of rotatable bonds is 5. The molecule has 0 bridgehead atoms. The molecule has 0 aromatic heterocycles. The van der Waals surface area contributed by atoms with Gasteiger partial charge in [-0.15, -0.1) is 0 Å². The van der Waals surface area contributed by atoms with E-state index in [1.807, 2.05) is 0 Å². The maximum Gasteiger partial charge on any atom is 0.341 e. The predicted octanol–water partition coefficient (Wildman–Crippen LogP) is 2.46. The fourth-order valence-electron chi connectivity index (χ4n) is 3.44. The number of hydrogen-bond donors (Lipinski definition) is 4. The molecule has 0 spiro atoms. The summed E-state index contributed by atoms with van der Waals surface area (Å²) >= 11 is 1.52. The van der Waals surface area contributed by atoms with E-state index in [0.717, 1.165) is 25.7 Å². The van der Waals surface area contributed by atoms with Gasteiger partial charge in [-0.3, -0.25) is 18.2 Å². The minimum absolute atomic E-state index is 0.0436. The van der Waals surface area contributed by atoms with Crippen molar-refractivity contribution in [2.75, 3.05) is 4.31 Å². The van der Waals surface area contributed by atoms with Gasteiger partial charge < -0.3 is 19.6 Å². The molecule has 1 saturated carbocycles. The Morgan fingerprint density at radius 1 is 1.04 bits per heavy atom. The number of anilines is 1. The van der Waals surface area contributed by atoms with Crippen molar-refractivity contribution in [1.29, 1.82) is 0 Å². The predicted molar refractivity (Wildman–Crippen MR) is 98.8 cm³/mol. The van der Waals surface area contributed by atoms with E-state index in [2.05, 4.69) is 0 Å². The second kappa shape index (κ2) is 7.40. The number of benzene rings is 1. The van der Waals surface area contributed by atoms with Crippen molar-refractivity contribution < 1.29 is 33.5 Å². The molecule has 0 radical (unpaired) electrons. The van der Waals surface area contributed by atoms with Gasteiger partial charge in [0.05, 0.1) is 11.6 Å². The maximum absolute atomic E-state index is 12.6. The smallest absolute Gasteiger partial charge is 0.324 e. The highest BCUT2D eigenvalue weighted by molar-refractivity contribution is 8.02. The summed E-state index contributed by atoms with van der Waals surface area (Å²) in [6.07, 6.45) is 3.66. The average molecular weight is 421 g/mol. The highest BCUT2D eigenvalue weighted by Gasteiger charge is 2.44. The van der Waals surface area contributed by atoms with E-state index < -0.39 is 27.0 Å². The SMILES string of the molecule is O=C1C2CCCCC2SN1c1ccc(CC(P(=O)(O)O)P(=O)(O)O)cc1. The highest BCUT2D eigenvalue weighted by Crippen LogP contribution is 2.61. The zero-order valence-corrected chi connectivity index (χ0v) is 16.4. The summed E-state index contributed by atoms with van der Waals surface area (Å²) in [4.78, 5) is 49.4. The van der Waals surface area contributed by atoms with Crippen LogP contribution >= 0.6 is 27.1 Å². The van der Waals surface area contributed by atoms with Gasteiger partial charge in [0.2, 0.25) is 5.91 Å². The standard InChI is InChI=1S/C15H21NO7P2S/c17-15-12-3-1-2-4-13(12)26-16(15)11-7-5-10(6-8-11)9-14(24(18,19)20)25(21,22)23/h5-8,12-14H,1-4,9H2,(H2,18,19,20)(H2,21,22,23). The monoisotopic (exact) mass is 421 g/mol. The van der Waals surface area contributed by atoms with Gasteiger partial charge in [-0.25, -0.2) is 0 Å². The third-order valence-electron chi connectivity index (χ3n) is 4.83. The second-order valence-electron chi connectivity index (χ2n) is 6.70. The van der Waals surface area contributed by atoms with E-state index in [1.165, 1.54) is 11.9 Å². The van der Waals surface area contributed by atoms with Crippen molar-refractivity contribution in [1.82, 2.24) is 0 Å². The number of hydrogen-bond acceptors (Lipinski definition) is 4. The Morgan fingerprint density at radius 3 is 2.15 bits per heavy atom. The van der Waals surface area contributed by atoms with Crippen LogP contribution in [0.5, 0.6) is 0 Å². The van der Waals surface area contributed by atoms with Gasteiger partial charge in [0.25, 0.3) is 0 Å². The largest absolute Gasteiger partial charge is 0.341 e. The summed E-state index contributed by atoms with van der Waals surface area (Å²) in [5.41, 5.74) is 1.06. The molecule has 8 nitrogen and oxygen atoms in total. The van der Waals surface area contributed by atoms with Gasteiger partial charge in [0.15, 0.2) is 5.40 Å². The summed E-state index contributed by atoms with van der Waals surface area (Å²) in [7, 11) is -9.91. The fourth-order valence-corrected chi connectivity index (χ4v) is 7.33. The highest BCUT2D eigenvalue weighted by atomic mass is 32.2. The van der Waals surface area contributed by atoms with E-state index in [-0.39, 0.29) is 11.8 Å². The van der Waals surface area contributed by atoms with Crippen LogP contribution in [0.25, 0.3) is 0 Å². The zero-order valence-electron chi connectivity index (χ0n) is 13.8. The van der Waals surface area contributed by atoms with Crippen LogP contribution in [-0.2, 0) is 20.3 Å². The second-order valence-corrected chi connectivity index (χ2v) is 11.9. The molecule has 1 aromatic rings. The molecule has 4 N–H and O–H groups in total. The minimum atomic E-state index is -4.95. The van der Waals surface area contributed by atoms with Crippen LogP contribution < -0.4 is 4.31 Å². The van der Waals surface area contributed by atoms with Gasteiger partial charge in [-0.2, -0.15) is 0 Å². The Kier molecular flexibility index (Phi) is 5.71. The summed E-state index contributed by atoms with van der Waals surface area (Å²) in [5, 5.41) is -1.77. The molecular formula is C15H21NO7P2S. The molecule has 2 atom stereocenters. The molecule has 1 amide bonds. The van der Waals surface area contributed by atoms with Crippen molar-refractivity contribution in [3.63, 3.8) is 0 Å². The van der Waals surface area contributed by atoms with E-state index >= 15 is 0 Å². The van der Waals surface area contributed by atoms with E-state index in [4.69, 9.17) is 0 Å². The number of fused-ring (bicyclic) bond motifs is 1. The molecule has 2 aliphatic rings. The third-order valence-corrected chi connectivity index (χ3v) is 9.99. The van der Waals surface area contributed by atoms with Crippen molar-refractivity contribution >= 4 is 38.7 Å². The molecule has 144 valence electrons. The zero-order chi connectivity index (χ0) is 19.1. The Hall–Kier alpha value is -0.660. The van der Waals surface area contributed by atoms with Gasteiger partial charge in [0.1, 0.15) is 0 Å². The topological polar surface area (TPSA) is 135 Å². The molecule has 2 fully saturated rings. The quantitative estimate of drug-likeness (QED) is 0.421. The fraction of sp³-hybridized carbons (Fsp3) is 0.533. The minimum Gasteiger partial charge on any atom is -0.324 e. The lowest BCUT2D eigenvalue weighted by atomic mass is 9.88. The molecule has 1 saturated heterocycles. The number of carbonyl (C=O) groups is 1. The van der Waals surface area contributed by atoms with Crippen LogP contribution in [0, 0.1) is 5.92 Å². The van der Waals surface area contributed by atoms with E-state index in [0.29, 0.717) is 16.5 Å². The summed E-state index contributed by atoms with van der Waals surface area (Å²) in [6, 6.07) is 6.38. The van der Waals surface area contributed by atoms with E-state index in [9.17, 15) is 33.5 Å². The third kappa shape index (κ3) is 4.25. The Bertz CT molecular complexity index is 753. The van der Waals surface area contributed by atoms with Gasteiger partial charge in [0, 0.05) is 5.25 Å². The molecule has 2 unspecified atom stereocenters. The van der Waals surface area contributed by atoms with Crippen molar-refractivity contribution in [3.05, 3.63) is 29.8 Å². The molecule has 1 aliphatic carbocycles. The molecule has 1 aliphatic heterocycles. The van der Waals surface area contributed by atoms with E-state index in [1.54, 1.807) is 28.6 Å². The first-order chi connectivity index (χ1) is 12.1. The molecular weight excluding hydrogens is 400 g/mol. The van der Waals surface area contributed by atoms with Crippen LogP contribution in [0.15, 0.2) is 24.3 Å². The van der Waals surface area contributed by atoms with Gasteiger partial charge >= 0.3 is 15.2 Å². The number of nitrogens with zero attached hydrogens (tertiary/aromatic N) is 1. The molecule has 11 heteroatoms. The first kappa shape index (κ1) is 20.1. The van der Waals surface area contributed by atoms with Crippen LogP contribution in [0.3, 0.4) is 0 Å². The Balaban J connectivity index is 1.75. The van der Waals surface area contributed by atoms with Gasteiger partial charge in [-0.1, -0.05) is 25.0 Å². The molecule has 1 heterocycles. The molecule has 26 heavy (non-hydrogen) atoms. The van der Waals surface area contributed by atoms with Crippen LogP contribution in [-0.4, -0.2) is 36.1 Å². The Morgan fingerprint density at radius 2 is 1.62 bits per heavy atom. The van der Waals surface area contributed by atoms with Crippen molar-refractivity contribution in [2.24, 2.45) is 5.92 Å². The number of carbonyl (C=O) groups excluding carboxylic acids is 1. The lowest BCUT2D eigenvalue weighted by Crippen LogP contribution is -2.26. The summed E-state index contributed by atoms with van der Waals surface area (Å²) in [6.45, 7) is 0. The maximum atomic E-state index is 12.6. The van der Waals surface area contributed by atoms with Crippen molar-refractivity contribution in [3.8, 4) is 0 Å². The van der Waals surface area contributed by atoms with Crippen LogP contribution in [0.2, 0.25) is 0 Å². The lowest BCUT2D eigenvalue weighted by molar-refractivity contribution is -0.120. The summed E-state index contributed by atoms with van der Waals surface area (Å²) in [5.74, 6) is 0.123. The van der Waals surface area contributed by atoms with Gasteiger partial charge in [-0.05, 0) is 48.9 Å². The molecule has 1 aromatic carbocycles. The first-order valence-corrected chi connectivity index (χ1v) is 12.5. The summed E-state index contributed by atoms with van der Waals surface area (Å²) < 4.78 is 24.4. The normalized spacial score (nSPS) is 24.2.